The minimum atomic E-state index is -0.892. The third-order valence-corrected chi connectivity index (χ3v) is 7.12. The van der Waals surface area contributed by atoms with E-state index in [4.69, 9.17) is 4.74 Å². The van der Waals surface area contributed by atoms with E-state index in [1.165, 1.54) is 17.0 Å². The van der Waals surface area contributed by atoms with Gasteiger partial charge in [0.25, 0.3) is 5.91 Å². The van der Waals surface area contributed by atoms with E-state index in [2.05, 4.69) is 5.32 Å². The molecule has 2 aliphatic rings. The molecule has 0 radical (unpaired) electrons. The third kappa shape index (κ3) is 4.83. The Morgan fingerprint density at radius 3 is 2.60 bits per heavy atom. The lowest BCUT2D eigenvalue weighted by molar-refractivity contribution is -0.139. The van der Waals surface area contributed by atoms with Crippen molar-refractivity contribution in [2.24, 2.45) is 0 Å². The lowest BCUT2D eigenvalue weighted by Crippen LogP contribution is -2.55. The van der Waals surface area contributed by atoms with Crippen LogP contribution < -0.4 is 5.32 Å². The van der Waals surface area contributed by atoms with Gasteiger partial charge in [-0.3, -0.25) is 14.4 Å². The summed E-state index contributed by atoms with van der Waals surface area (Å²) in [6.07, 6.45) is 2.65. The van der Waals surface area contributed by atoms with Crippen molar-refractivity contribution in [2.45, 2.75) is 24.9 Å². The number of carbonyl (C=O) groups is 3. The first-order valence-corrected chi connectivity index (χ1v) is 12.3. The Hall–Kier alpha value is -3.91. The minimum Gasteiger partial charge on any atom is -0.508 e. The molecule has 8 heteroatoms. The number of aromatic hydroxyl groups is 1. The molecule has 0 spiro atoms. The van der Waals surface area contributed by atoms with Crippen LogP contribution in [0.15, 0.2) is 77.9 Å². The van der Waals surface area contributed by atoms with Crippen LogP contribution >= 0.6 is 11.3 Å². The average Bonchev–Trinajstić information content (AvgIpc) is 3.55. The summed E-state index contributed by atoms with van der Waals surface area (Å²) >= 11 is 1.62. The highest BCUT2D eigenvalue weighted by atomic mass is 32.1. The Kier molecular flexibility index (Phi) is 6.37. The van der Waals surface area contributed by atoms with Crippen molar-refractivity contribution in [1.29, 1.82) is 0 Å². The van der Waals surface area contributed by atoms with Crippen molar-refractivity contribution in [2.75, 3.05) is 13.2 Å². The minimum absolute atomic E-state index is 0.0497. The lowest BCUT2D eigenvalue weighted by atomic mass is 10.00. The SMILES string of the molecule is O=C(NC(Cc1ccc(O)cc1)C(=O)N1CCC=C2OCC(=O)C21)c1ccc(-c2cccs2)cc1. The Bertz CT molecular complexity index is 1270. The zero-order chi connectivity index (χ0) is 24.4. The zero-order valence-corrected chi connectivity index (χ0v) is 19.7. The average molecular weight is 489 g/mol. The molecule has 5 rings (SSSR count). The molecule has 0 aliphatic carbocycles. The summed E-state index contributed by atoms with van der Waals surface area (Å²) in [4.78, 5) is 41.9. The first kappa shape index (κ1) is 22.9. The van der Waals surface area contributed by atoms with Gasteiger partial charge in [-0.2, -0.15) is 0 Å². The predicted octanol–water partition coefficient (Wildman–Crippen LogP) is 3.55. The van der Waals surface area contributed by atoms with E-state index in [0.717, 1.165) is 16.0 Å². The first-order chi connectivity index (χ1) is 17.0. The van der Waals surface area contributed by atoms with Gasteiger partial charge in [-0.15, -0.1) is 11.3 Å². The van der Waals surface area contributed by atoms with E-state index < -0.39 is 12.1 Å². The van der Waals surface area contributed by atoms with Gasteiger partial charge in [0.2, 0.25) is 5.91 Å². The number of phenolic OH excluding ortho intramolecular Hbond substituents is 1. The highest BCUT2D eigenvalue weighted by molar-refractivity contribution is 7.13. The molecular weight excluding hydrogens is 464 g/mol. The number of amides is 2. The number of benzene rings is 2. The highest BCUT2D eigenvalue weighted by Crippen LogP contribution is 2.27. The number of phenols is 1. The fourth-order valence-corrected chi connectivity index (χ4v) is 5.15. The van der Waals surface area contributed by atoms with Gasteiger partial charge in [0, 0.05) is 23.4 Å². The van der Waals surface area contributed by atoms with Crippen molar-refractivity contribution in [3.05, 3.63) is 89.0 Å². The van der Waals surface area contributed by atoms with E-state index >= 15 is 0 Å². The molecular formula is C27H24N2O5S. The molecule has 1 saturated heterocycles. The number of Topliss-reactive ketones (excluding diaryl/α,β-unsaturated/α-hetero) is 1. The third-order valence-electron chi connectivity index (χ3n) is 6.20. The summed E-state index contributed by atoms with van der Waals surface area (Å²) < 4.78 is 5.46. The second-order valence-electron chi connectivity index (χ2n) is 8.54. The van der Waals surface area contributed by atoms with Gasteiger partial charge in [0.05, 0.1) is 0 Å². The van der Waals surface area contributed by atoms with Crippen LogP contribution in [0.25, 0.3) is 10.4 Å². The van der Waals surface area contributed by atoms with Crippen LogP contribution in [0.1, 0.15) is 22.3 Å². The summed E-state index contributed by atoms with van der Waals surface area (Å²) in [6.45, 7) is 0.325. The van der Waals surface area contributed by atoms with Gasteiger partial charge < -0.3 is 20.1 Å². The van der Waals surface area contributed by atoms with Crippen LogP contribution in [0.2, 0.25) is 0 Å². The number of rotatable bonds is 6. The maximum atomic E-state index is 13.7. The van der Waals surface area contributed by atoms with Crippen molar-refractivity contribution < 1.29 is 24.2 Å². The van der Waals surface area contributed by atoms with Crippen LogP contribution in [0.4, 0.5) is 0 Å². The van der Waals surface area contributed by atoms with Crippen molar-refractivity contribution >= 4 is 28.9 Å². The molecule has 1 fully saturated rings. The molecule has 2 N–H and O–H groups in total. The Labute approximate surface area is 206 Å². The molecule has 0 bridgehead atoms. The van der Waals surface area contributed by atoms with Crippen LogP contribution in [0, 0.1) is 0 Å². The van der Waals surface area contributed by atoms with E-state index in [1.54, 1.807) is 35.6 Å². The standard InChI is InChI=1S/C27H24N2O5S/c30-20-11-5-17(6-12-20)15-21(27(33)29-13-1-3-23-25(29)22(31)16-34-23)28-26(32)19-9-7-18(8-10-19)24-4-2-14-35-24/h2-12,14,21,25,30H,1,13,15-16H2,(H,28,32). The van der Waals surface area contributed by atoms with Crippen molar-refractivity contribution in [1.82, 2.24) is 10.2 Å². The molecule has 3 aromatic rings. The number of ether oxygens (including phenoxy) is 1. The van der Waals surface area contributed by atoms with Crippen LogP contribution in [-0.4, -0.2) is 52.8 Å². The molecule has 35 heavy (non-hydrogen) atoms. The molecule has 3 heterocycles. The van der Waals surface area contributed by atoms with E-state index in [0.29, 0.717) is 24.3 Å². The first-order valence-electron chi connectivity index (χ1n) is 11.4. The van der Waals surface area contributed by atoms with Gasteiger partial charge in [-0.1, -0.05) is 30.3 Å². The van der Waals surface area contributed by atoms with Gasteiger partial charge in [-0.05, 0) is 59.3 Å². The Morgan fingerprint density at radius 1 is 1.11 bits per heavy atom. The molecule has 0 saturated carbocycles. The van der Waals surface area contributed by atoms with E-state index in [1.807, 2.05) is 35.7 Å². The van der Waals surface area contributed by atoms with Gasteiger partial charge in [0.15, 0.2) is 11.8 Å². The van der Waals surface area contributed by atoms with Crippen molar-refractivity contribution in [3.8, 4) is 16.2 Å². The number of hydrogen-bond donors (Lipinski definition) is 2. The Balaban J connectivity index is 1.38. The zero-order valence-electron chi connectivity index (χ0n) is 18.8. The molecule has 2 aromatic carbocycles. The number of fused-ring (bicyclic) bond motifs is 1. The molecule has 2 aliphatic heterocycles. The number of hydrogen-bond acceptors (Lipinski definition) is 6. The fourth-order valence-electron chi connectivity index (χ4n) is 4.42. The monoisotopic (exact) mass is 488 g/mol. The Morgan fingerprint density at radius 2 is 1.89 bits per heavy atom. The number of carbonyl (C=O) groups excluding carboxylic acids is 3. The van der Waals surface area contributed by atoms with E-state index in [-0.39, 0.29) is 36.4 Å². The fraction of sp³-hybridized carbons (Fsp3) is 0.222. The largest absolute Gasteiger partial charge is 0.508 e. The lowest BCUT2D eigenvalue weighted by Gasteiger charge is -2.33. The molecule has 178 valence electrons. The molecule has 2 unspecified atom stereocenters. The molecule has 2 atom stereocenters. The quantitative estimate of drug-likeness (QED) is 0.553. The topological polar surface area (TPSA) is 95.9 Å². The van der Waals surface area contributed by atoms with Crippen molar-refractivity contribution in [3.63, 3.8) is 0 Å². The second kappa shape index (κ2) is 9.76. The van der Waals surface area contributed by atoms with Gasteiger partial charge >= 0.3 is 0 Å². The van der Waals surface area contributed by atoms with Crippen LogP contribution in [-0.2, 0) is 20.7 Å². The molecule has 1 aromatic heterocycles. The highest BCUT2D eigenvalue weighted by Gasteiger charge is 2.42. The van der Waals surface area contributed by atoms with Gasteiger partial charge in [-0.25, -0.2) is 0 Å². The molecule has 2 amide bonds. The van der Waals surface area contributed by atoms with Crippen LogP contribution in [0.3, 0.4) is 0 Å². The summed E-state index contributed by atoms with van der Waals surface area (Å²) in [7, 11) is 0. The normalized spacial score (nSPS) is 17.8. The summed E-state index contributed by atoms with van der Waals surface area (Å²) in [5.41, 5.74) is 2.23. The van der Waals surface area contributed by atoms with Crippen LogP contribution in [0.5, 0.6) is 5.75 Å². The number of ketones is 1. The summed E-state index contributed by atoms with van der Waals surface area (Å²) in [5, 5.41) is 14.5. The van der Waals surface area contributed by atoms with Gasteiger partial charge in [0.1, 0.15) is 24.2 Å². The number of nitrogens with one attached hydrogen (secondary N) is 1. The summed E-state index contributed by atoms with van der Waals surface area (Å²) in [6, 6.07) is 16.1. The predicted molar refractivity (Wildman–Crippen MR) is 132 cm³/mol. The summed E-state index contributed by atoms with van der Waals surface area (Å²) in [5.74, 6) is -0.250. The smallest absolute Gasteiger partial charge is 0.251 e. The number of nitrogens with zero attached hydrogens (tertiary/aromatic N) is 1. The van der Waals surface area contributed by atoms with E-state index in [9.17, 15) is 19.5 Å². The second-order valence-corrected chi connectivity index (χ2v) is 9.48. The molecule has 7 nitrogen and oxygen atoms in total. The number of thiophene rings is 1. The maximum absolute atomic E-state index is 13.7. The maximum Gasteiger partial charge on any atom is 0.251 e.